The molecule has 2 fully saturated rings. The summed E-state index contributed by atoms with van der Waals surface area (Å²) in [7, 11) is 0. The predicted octanol–water partition coefficient (Wildman–Crippen LogP) is 1.90. The average molecular weight is 354 g/mol. The summed E-state index contributed by atoms with van der Waals surface area (Å²) in [5, 5.41) is 22.4. The highest BCUT2D eigenvalue weighted by Gasteiger charge is 2.59. The minimum atomic E-state index is -1.11. The maximum atomic E-state index is 12.1. The Hall–Kier alpha value is -1.14. The zero-order chi connectivity index (χ0) is 19.2. The van der Waals surface area contributed by atoms with Crippen molar-refractivity contribution in [1.29, 1.82) is 0 Å². The highest BCUT2D eigenvalue weighted by atomic mass is 16.4. The molecular weight excluding hydrogens is 320 g/mol. The molecule has 1 amide bonds. The van der Waals surface area contributed by atoms with E-state index in [4.69, 9.17) is 10.8 Å². The van der Waals surface area contributed by atoms with Gasteiger partial charge in [0.1, 0.15) is 0 Å². The smallest absolute Gasteiger partial charge is 0.305 e. The number of nitrogens with one attached hydrogen (secondary N) is 1. The third-order valence-corrected chi connectivity index (χ3v) is 7.04. The van der Waals surface area contributed by atoms with Crippen molar-refractivity contribution in [3.05, 3.63) is 0 Å². The zero-order valence-corrected chi connectivity index (χ0v) is 16.1. The van der Waals surface area contributed by atoms with Crippen LogP contribution in [0, 0.1) is 22.7 Å². The molecule has 25 heavy (non-hydrogen) atoms. The van der Waals surface area contributed by atoms with Gasteiger partial charge in [0.2, 0.25) is 5.91 Å². The molecule has 0 radical (unpaired) electrons. The number of rotatable bonds is 7. The Kier molecular flexibility index (Phi) is 5.28. The van der Waals surface area contributed by atoms with E-state index in [1.807, 2.05) is 0 Å². The Balaban J connectivity index is 2.02. The number of carboxylic acid groups (broad SMARTS) is 1. The SMILES string of the molecule is CC12CCC(C1)C(C)(C)C2CC(O)C(C)(C)NC(=O)[C@@H](N)CC(=O)O. The van der Waals surface area contributed by atoms with E-state index < -0.39 is 36.0 Å². The van der Waals surface area contributed by atoms with Crippen LogP contribution in [0.2, 0.25) is 0 Å². The van der Waals surface area contributed by atoms with E-state index in [0.29, 0.717) is 18.3 Å². The van der Waals surface area contributed by atoms with Gasteiger partial charge < -0.3 is 21.3 Å². The Labute approximate surface area is 150 Å². The summed E-state index contributed by atoms with van der Waals surface area (Å²) in [5.41, 5.74) is 5.22. The molecule has 0 heterocycles. The quantitative estimate of drug-likeness (QED) is 0.558. The van der Waals surface area contributed by atoms with Crippen LogP contribution in [0.5, 0.6) is 0 Å². The Morgan fingerprint density at radius 1 is 1.32 bits per heavy atom. The van der Waals surface area contributed by atoms with Crippen LogP contribution in [0.4, 0.5) is 0 Å². The predicted molar refractivity (Wildman–Crippen MR) is 95.8 cm³/mol. The van der Waals surface area contributed by atoms with E-state index in [9.17, 15) is 14.7 Å². The number of aliphatic carboxylic acids is 1. The summed E-state index contributed by atoms with van der Waals surface area (Å²) in [6.07, 6.45) is 3.17. The van der Waals surface area contributed by atoms with Gasteiger partial charge in [-0.1, -0.05) is 20.8 Å². The molecule has 2 aliphatic rings. The largest absolute Gasteiger partial charge is 0.481 e. The fourth-order valence-electron chi connectivity index (χ4n) is 5.29. The fourth-order valence-corrected chi connectivity index (χ4v) is 5.29. The number of carboxylic acids is 1. The van der Waals surface area contributed by atoms with Crippen LogP contribution in [0.3, 0.4) is 0 Å². The molecule has 2 bridgehead atoms. The molecule has 6 heteroatoms. The van der Waals surface area contributed by atoms with Gasteiger partial charge in [-0.05, 0) is 62.2 Å². The molecule has 0 aliphatic heterocycles. The zero-order valence-electron chi connectivity index (χ0n) is 16.1. The van der Waals surface area contributed by atoms with E-state index in [2.05, 4.69) is 26.1 Å². The maximum Gasteiger partial charge on any atom is 0.305 e. The van der Waals surface area contributed by atoms with Crippen molar-refractivity contribution in [3.8, 4) is 0 Å². The van der Waals surface area contributed by atoms with E-state index in [-0.39, 0.29) is 10.8 Å². The Bertz CT molecular complexity index is 541. The molecule has 0 aromatic carbocycles. The molecule has 2 saturated carbocycles. The van der Waals surface area contributed by atoms with E-state index in [1.54, 1.807) is 13.8 Å². The van der Waals surface area contributed by atoms with Gasteiger partial charge in [-0.3, -0.25) is 9.59 Å². The number of hydrogen-bond donors (Lipinski definition) is 4. The third-order valence-electron chi connectivity index (χ3n) is 7.04. The normalized spacial score (nSPS) is 33.1. The lowest BCUT2D eigenvalue weighted by atomic mass is 9.61. The standard InChI is InChI=1S/C19H34N2O4/c1-17(2)11-6-7-19(5,10-11)13(17)9-14(22)18(3,4)21-16(25)12(20)8-15(23)24/h11-14,22H,6-10,20H2,1-5H3,(H,21,25)(H,23,24)/t11?,12-,13?,14?,19?/m0/s1. The number of carbonyl (C=O) groups is 2. The number of hydrogen-bond acceptors (Lipinski definition) is 4. The van der Waals surface area contributed by atoms with Crippen molar-refractivity contribution < 1.29 is 19.8 Å². The lowest BCUT2D eigenvalue weighted by Gasteiger charge is -2.45. The summed E-state index contributed by atoms with van der Waals surface area (Å²) < 4.78 is 0. The van der Waals surface area contributed by atoms with E-state index in [1.165, 1.54) is 19.3 Å². The van der Waals surface area contributed by atoms with E-state index >= 15 is 0 Å². The molecule has 144 valence electrons. The van der Waals surface area contributed by atoms with Gasteiger partial charge in [0.15, 0.2) is 0 Å². The monoisotopic (exact) mass is 354 g/mol. The molecule has 2 rings (SSSR count). The summed E-state index contributed by atoms with van der Waals surface area (Å²) in [6, 6.07) is -1.11. The van der Waals surface area contributed by atoms with Crippen LogP contribution >= 0.6 is 0 Å². The molecule has 4 unspecified atom stereocenters. The fraction of sp³-hybridized carbons (Fsp3) is 0.895. The molecule has 0 spiro atoms. The molecule has 0 saturated heterocycles. The topological polar surface area (TPSA) is 113 Å². The molecule has 2 aliphatic carbocycles. The van der Waals surface area contributed by atoms with Crippen LogP contribution in [0.15, 0.2) is 0 Å². The molecule has 6 nitrogen and oxygen atoms in total. The minimum Gasteiger partial charge on any atom is -0.481 e. The first kappa shape index (κ1) is 20.2. The number of fused-ring (bicyclic) bond motifs is 2. The second-order valence-corrected chi connectivity index (χ2v) is 9.63. The second-order valence-electron chi connectivity index (χ2n) is 9.63. The molecular formula is C19H34N2O4. The second kappa shape index (κ2) is 6.54. The summed E-state index contributed by atoms with van der Waals surface area (Å²) in [4.78, 5) is 22.9. The highest BCUT2D eigenvalue weighted by Crippen LogP contribution is 2.67. The Morgan fingerprint density at radius 3 is 2.40 bits per heavy atom. The van der Waals surface area contributed by atoms with Gasteiger partial charge >= 0.3 is 5.97 Å². The van der Waals surface area contributed by atoms with Crippen molar-refractivity contribution in [2.45, 2.75) is 84.4 Å². The Morgan fingerprint density at radius 2 is 1.92 bits per heavy atom. The summed E-state index contributed by atoms with van der Waals surface area (Å²) in [5.74, 6) is -0.545. The first-order valence-electron chi connectivity index (χ1n) is 9.27. The van der Waals surface area contributed by atoms with Crippen molar-refractivity contribution in [2.75, 3.05) is 0 Å². The van der Waals surface area contributed by atoms with Gasteiger partial charge in [0.25, 0.3) is 0 Å². The van der Waals surface area contributed by atoms with E-state index in [0.717, 1.165) is 0 Å². The van der Waals surface area contributed by atoms with Crippen LogP contribution in [-0.2, 0) is 9.59 Å². The first-order chi connectivity index (χ1) is 11.3. The maximum absolute atomic E-state index is 12.1. The van der Waals surface area contributed by atoms with Crippen LogP contribution in [0.1, 0.15) is 66.7 Å². The van der Waals surface area contributed by atoms with Gasteiger partial charge in [0, 0.05) is 0 Å². The number of aliphatic hydroxyl groups is 1. The first-order valence-corrected chi connectivity index (χ1v) is 9.27. The number of aliphatic hydroxyl groups excluding tert-OH is 1. The number of carbonyl (C=O) groups excluding carboxylic acids is 1. The highest BCUT2D eigenvalue weighted by molar-refractivity contribution is 5.86. The minimum absolute atomic E-state index is 0.188. The number of nitrogens with two attached hydrogens (primary N) is 1. The van der Waals surface area contributed by atoms with Crippen LogP contribution < -0.4 is 11.1 Å². The van der Waals surface area contributed by atoms with Crippen molar-refractivity contribution in [1.82, 2.24) is 5.32 Å². The van der Waals surface area contributed by atoms with Gasteiger partial charge in [-0.15, -0.1) is 0 Å². The van der Waals surface area contributed by atoms with Crippen LogP contribution in [-0.4, -0.2) is 39.8 Å². The third kappa shape index (κ3) is 3.85. The van der Waals surface area contributed by atoms with Crippen molar-refractivity contribution in [3.63, 3.8) is 0 Å². The van der Waals surface area contributed by atoms with Crippen LogP contribution in [0.25, 0.3) is 0 Å². The van der Waals surface area contributed by atoms with Crippen molar-refractivity contribution >= 4 is 11.9 Å². The number of amides is 1. The summed E-state index contributed by atoms with van der Waals surface area (Å²) in [6.45, 7) is 10.5. The summed E-state index contributed by atoms with van der Waals surface area (Å²) >= 11 is 0. The molecule has 5 N–H and O–H groups in total. The molecule has 0 aromatic rings. The van der Waals surface area contributed by atoms with Crippen molar-refractivity contribution in [2.24, 2.45) is 28.4 Å². The molecule has 5 atom stereocenters. The van der Waals surface area contributed by atoms with Gasteiger partial charge in [-0.25, -0.2) is 0 Å². The lowest BCUT2D eigenvalue weighted by molar-refractivity contribution is -0.140. The van der Waals surface area contributed by atoms with Gasteiger partial charge in [-0.2, -0.15) is 0 Å². The van der Waals surface area contributed by atoms with Gasteiger partial charge in [0.05, 0.1) is 24.1 Å². The molecule has 0 aromatic heterocycles. The average Bonchev–Trinajstić information content (AvgIpc) is 2.93. The lowest BCUT2D eigenvalue weighted by Crippen LogP contribution is -2.57.